The first-order valence-electron chi connectivity index (χ1n) is 6.82. The molecule has 0 radical (unpaired) electrons. The van der Waals surface area contributed by atoms with Crippen molar-refractivity contribution in [2.45, 2.75) is 31.0 Å². The highest BCUT2D eigenvalue weighted by atomic mass is 32.2. The van der Waals surface area contributed by atoms with Crippen LogP contribution in [0.25, 0.3) is 0 Å². The van der Waals surface area contributed by atoms with Gasteiger partial charge < -0.3 is 14.7 Å². The smallest absolute Gasteiger partial charge is 0.233 e. The summed E-state index contributed by atoms with van der Waals surface area (Å²) in [6.07, 6.45) is -0.277. The number of hydrogen-bond donors (Lipinski definition) is 1. The number of aliphatic hydroxyl groups is 1. The number of carbonyl (C=O) groups is 1. The Morgan fingerprint density at radius 3 is 2.75 bits per heavy atom. The predicted octanol–water partition coefficient (Wildman–Crippen LogP) is 1.70. The molecule has 2 atom stereocenters. The van der Waals surface area contributed by atoms with Gasteiger partial charge in [0.25, 0.3) is 0 Å². The monoisotopic (exact) mass is 295 g/mol. The first-order chi connectivity index (χ1) is 9.58. The summed E-state index contributed by atoms with van der Waals surface area (Å²) in [6.45, 7) is 5.01. The highest BCUT2D eigenvalue weighted by molar-refractivity contribution is 8.00. The molecule has 0 spiro atoms. The molecule has 0 saturated carbocycles. The maximum Gasteiger partial charge on any atom is 0.233 e. The Kier molecular flexibility index (Phi) is 5.46. The van der Waals surface area contributed by atoms with Crippen LogP contribution in [0.2, 0.25) is 0 Å². The fraction of sp³-hybridized carbons (Fsp3) is 0.533. The van der Waals surface area contributed by atoms with Crippen molar-refractivity contribution in [1.82, 2.24) is 4.90 Å². The minimum absolute atomic E-state index is 0.0192. The summed E-state index contributed by atoms with van der Waals surface area (Å²) >= 11 is 1.55. The molecule has 0 bridgehead atoms. The maximum atomic E-state index is 12.2. The van der Waals surface area contributed by atoms with Crippen LogP contribution >= 0.6 is 11.8 Å². The second-order valence-electron chi connectivity index (χ2n) is 5.15. The van der Waals surface area contributed by atoms with Crippen LogP contribution in [0.3, 0.4) is 0 Å². The lowest BCUT2D eigenvalue weighted by Crippen LogP contribution is -2.50. The predicted molar refractivity (Wildman–Crippen MR) is 79.9 cm³/mol. The standard InChI is InChI=1S/C15H21NO3S/c1-11-3-5-14(6-4-11)20-10-15(18)16-7-12(2)19-13(8-16)9-17/h3-6,12-13,17H,7-10H2,1-2H3. The van der Waals surface area contributed by atoms with Gasteiger partial charge in [0, 0.05) is 18.0 Å². The van der Waals surface area contributed by atoms with Gasteiger partial charge in [0.1, 0.15) is 0 Å². The quantitative estimate of drug-likeness (QED) is 0.859. The van der Waals surface area contributed by atoms with Crippen LogP contribution in [0.15, 0.2) is 29.2 Å². The number of aryl methyl sites for hydroxylation is 1. The van der Waals surface area contributed by atoms with Crippen LogP contribution in [-0.4, -0.2) is 53.6 Å². The molecule has 1 aromatic carbocycles. The largest absolute Gasteiger partial charge is 0.394 e. The van der Waals surface area contributed by atoms with Gasteiger partial charge in [-0.25, -0.2) is 0 Å². The molecule has 1 N–H and O–H groups in total. The van der Waals surface area contributed by atoms with Gasteiger partial charge in [-0.15, -0.1) is 11.8 Å². The van der Waals surface area contributed by atoms with Crippen molar-refractivity contribution in [2.24, 2.45) is 0 Å². The average molecular weight is 295 g/mol. The normalized spacial score (nSPS) is 22.9. The van der Waals surface area contributed by atoms with Gasteiger partial charge in [0.05, 0.1) is 24.6 Å². The molecule has 5 heteroatoms. The highest BCUT2D eigenvalue weighted by Gasteiger charge is 2.27. The van der Waals surface area contributed by atoms with Crippen LogP contribution in [0.4, 0.5) is 0 Å². The van der Waals surface area contributed by atoms with E-state index in [1.54, 1.807) is 16.7 Å². The molecule has 4 nitrogen and oxygen atoms in total. The van der Waals surface area contributed by atoms with Gasteiger partial charge in [-0.2, -0.15) is 0 Å². The van der Waals surface area contributed by atoms with Gasteiger partial charge in [0.2, 0.25) is 5.91 Å². The Labute approximate surface area is 124 Å². The first kappa shape index (κ1) is 15.4. The highest BCUT2D eigenvalue weighted by Crippen LogP contribution is 2.20. The number of ether oxygens (including phenoxy) is 1. The number of carbonyl (C=O) groups excluding carboxylic acids is 1. The zero-order chi connectivity index (χ0) is 14.5. The maximum absolute atomic E-state index is 12.2. The van der Waals surface area contributed by atoms with Crippen molar-refractivity contribution in [2.75, 3.05) is 25.4 Å². The molecule has 0 aliphatic carbocycles. The van der Waals surface area contributed by atoms with Gasteiger partial charge in [-0.3, -0.25) is 4.79 Å². The van der Waals surface area contributed by atoms with Crippen LogP contribution in [0.1, 0.15) is 12.5 Å². The van der Waals surface area contributed by atoms with Gasteiger partial charge in [-0.1, -0.05) is 17.7 Å². The number of aliphatic hydroxyl groups excluding tert-OH is 1. The summed E-state index contributed by atoms with van der Waals surface area (Å²) in [5, 5.41) is 9.17. The van der Waals surface area contributed by atoms with E-state index in [9.17, 15) is 9.90 Å². The van der Waals surface area contributed by atoms with E-state index in [2.05, 4.69) is 0 Å². The van der Waals surface area contributed by atoms with Crippen molar-refractivity contribution < 1.29 is 14.6 Å². The van der Waals surface area contributed by atoms with E-state index in [0.29, 0.717) is 18.8 Å². The number of benzene rings is 1. The minimum atomic E-state index is -0.257. The lowest BCUT2D eigenvalue weighted by molar-refractivity contribution is -0.144. The van der Waals surface area contributed by atoms with Gasteiger partial charge in [-0.05, 0) is 26.0 Å². The molecule has 2 unspecified atom stereocenters. The second-order valence-corrected chi connectivity index (χ2v) is 6.20. The summed E-state index contributed by atoms with van der Waals surface area (Å²) in [5.74, 6) is 0.526. The molecule has 2 rings (SSSR count). The first-order valence-corrected chi connectivity index (χ1v) is 7.80. The molecule has 110 valence electrons. The molecule has 1 heterocycles. The molecule has 1 fully saturated rings. The van der Waals surface area contributed by atoms with Crippen molar-refractivity contribution in [1.29, 1.82) is 0 Å². The SMILES string of the molecule is Cc1ccc(SCC(=O)N2CC(C)OC(CO)C2)cc1. The van der Waals surface area contributed by atoms with Crippen molar-refractivity contribution in [3.63, 3.8) is 0 Å². The van der Waals surface area contributed by atoms with E-state index in [-0.39, 0.29) is 24.7 Å². The zero-order valence-corrected chi connectivity index (χ0v) is 12.7. The van der Waals surface area contributed by atoms with Gasteiger partial charge in [0.15, 0.2) is 0 Å². The number of morpholine rings is 1. The number of hydrogen-bond acceptors (Lipinski definition) is 4. The van der Waals surface area contributed by atoms with Crippen molar-refractivity contribution in [3.05, 3.63) is 29.8 Å². The Morgan fingerprint density at radius 2 is 2.10 bits per heavy atom. The molecule has 1 amide bonds. The lowest BCUT2D eigenvalue weighted by Gasteiger charge is -2.36. The number of rotatable bonds is 4. The second kappa shape index (κ2) is 7.11. The molecule has 1 aliphatic heterocycles. The van der Waals surface area contributed by atoms with Crippen LogP contribution in [0.5, 0.6) is 0 Å². The Morgan fingerprint density at radius 1 is 1.40 bits per heavy atom. The summed E-state index contributed by atoms with van der Waals surface area (Å²) in [6, 6.07) is 8.16. The molecule has 20 heavy (non-hydrogen) atoms. The Balaban J connectivity index is 1.86. The topological polar surface area (TPSA) is 49.8 Å². The minimum Gasteiger partial charge on any atom is -0.394 e. The third-order valence-electron chi connectivity index (χ3n) is 3.27. The Bertz CT molecular complexity index is 449. The lowest BCUT2D eigenvalue weighted by atomic mass is 10.2. The average Bonchev–Trinajstić information content (AvgIpc) is 2.45. The molecule has 1 aliphatic rings. The van der Waals surface area contributed by atoms with Crippen LogP contribution in [-0.2, 0) is 9.53 Å². The van der Waals surface area contributed by atoms with E-state index in [4.69, 9.17) is 4.74 Å². The van der Waals surface area contributed by atoms with E-state index in [1.807, 2.05) is 38.1 Å². The fourth-order valence-corrected chi connectivity index (χ4v) is 3.02. The Hall–Kier alpha value is -1.04. The van der Waals surface area contributed by atoms with E-state index < -0.39 is 0 Å². The summed E-state index contributed by atoms with van der Waals surface area (Å²) < 4.78 is 5.54. The number of thioether (sulfide) groups is 1. The van der Waals surface area contributed by atoms with Crippen molar-refractivity contribution in [3.8, 4) is 0 Å². The summed E-state index contributed by atoms with van der Waals surface area (Å²) in [7, 11) is 0. The molecule has 0 aromatic heterocycles. The molecular weight excluding hydrogens is 274 g/mol. The van der Waals surface area contributed by atoms with E-state index in [0.717, 1.165) is 4.90 Å². The van der Waals surface area contributed by atoms with E-state index >= 15 is 0 Å². The zero-order valence-electron chi connectivity index (χ0n) is 11.9. The molecular formula is C15H21NO3S. The third-order valence-corrected chi connectivity index (χ3v) is 4.26. The fourth-order valence-electron chi connectivity index (χ4n) is 2.22. The summed E-state index contributed by atoms with van der Waals surface area (Å²) in [4.78, 5) is 15.1. The van der Waals surface area contributed by atoms with Crippen molar-refractivity contribution >= 4 is 17.7 Å². The van der Waals surface area contributed by atoms with Gasteiger partial charge >= 0.3 is 0 Å². The summed E-state index contributed by atoms with van der Waals surface area (Å²) in [5.41, 5.74) is 1.22. The van der Waals surface area contributed by atoms with E-state index in [1.165, 1.54) is 5.56 Å². The van der Waals surface area contributed by atoms with Crippen LogP contribution in [0, 0.1) is 6.92 Å². The third kappa shape index (κ3) is 4.23. The molecule has 1 saturated heterocycles. The number of amides is 1. The number of nitrogens with zero attached hydrogens (tertiary/aromatic N) is 1. The molecule has 1 aromatic rings. The van der Waals surface area contributed by atoms with Crippen LogP contribution < -0.4 is 0 Å².